The van der Waals surface area contributed by atoms with Crippen LogP contribution in [0.15, 0.2) is 91.0 Å². The van der Waals surface area contributed by atoms with Crippen molar-refractivity contribution in [2.24, 2.45) is 0 Å². The van der Waals surface area contributed by atoms with E-state index in [0.29, 0.717) is 11.3 Å². The number of fused-ring (bicyclic) bond motifs is 3. The molecule has 0 radical (unpaired) electrons. The second-order valence-electron chi connectivity index (χ2n) is 9.20. The highest BCUT2D eigenvalue weighted by Crippen LogP contribution is 2.44. The lowest BCUT2D eigenvalue weighted by atomic mass is 9.98. The van der Waals surface area contributed by atoms with Crippen molar-refractivity contribution in [2.75, 3.05) is 6.61 Å². The first-order valence-corrected chi connectivity index (χ1v) is 12.8. The zero-order valence-electron chi connectivity index (χ0n) is 20.8. The minimum Gasteiger partial charge on any atom is -0.489 e. The molecule has 1 atom stereocenters. The molecule has 1 amide bonds. The van der Waals surface area contributed by atoms with Gasteiger partial charge in [0.15, 0.2) is 0 Å². The van der Waals surface area contributed by atoms with Crippen LogP contribution in [0.1, 0.15) is 28.2 Å². The normalized spacial score (nSPS) is 12.8. The molecular weight excluding hydrogens is 521 g/mol. The fourth-order valence-electron chi connectivity index (χ4n) is 4.77. The summed E-state index contributed by atoms with van der Waals surface area (Å²) in [5.41, 5.74) is 5.27. The van der Waals surface area contributed by atoms with Crippen LogP contribution < -0.4 is 10.1 Å². The van der Waals surface area contributed by atoms with Gasteiger partial charge in [0.25, 0.3) is 0 Å². The molecule has 0 fully saturated rings. The Balaban J connectivity index is 1.17. The highest BCUT2D eigenvalue weighted by molar-refractivity contribution is 6.31. The fourth-order valence-corrected chi connectivity index (χ4v) is 4.98. The highest BCUT2D eigenvalue weighted by atomic mass is 35.5. The first kappa shape index (κ1) is 26.3. The Morgan fingerprint density at radius 3 is 2.15 bits per heavy atom. The van der Waals surface area contributed by atoms with Crippen molar-refractivity contribution in [1.29, 1.82) is 0 Å². The molecule has 4 aromatic carbocycles. The van der Waals surface area contributed by atoms with Crippen molar-refractivity contribution in [1.82, 2.24) is 5.32 Å². The van der Waals surface area contributed by atoms with E-state index in [1.807, 2.05) is 48.5 Å². The number of carboxylic acids is 1. The van der Waals surface area contributed by atoms with Crippen LogP contribution in [0.5, 0.6) is 5.75 Å². The number of rotatable bonds is 9. The Labute approximate surface area is 230 Å². The molecule has 0 aromatic heterocycles. The third-order valence-electron chi connectivity index (χ3n) is 6.74. The number of carbonyl (C=O) groups excluding carboxylic acids is 1. The fraction of sp³-hybridized carbons (Fsp3) is 0.161. The number of hydrogen-bond acceptors (Lipinski definition) is 4. The van der Waals surface area contributed by atoms with Crippen molar-refractivity contribution < 1.29 is 28.6 Å². The maximum Gasteiger partial charge on any atom is 0.407 e. The topological polar surface area (TPSA) is 84.9 Å². The molecule has 0 saturated heterocycles. The number of carbonyl (C=O) groups is 2. The molecule has 1 aliphatic rings. The van der Waals surface area contributed by atoms with Crippen LogP contribution in [0.2, 0.25) is 5.02 Å². The predicted molar refractivity (Wildman–Crippen MR) is 146 cm³/mol. The third kappa shape index (κ3) is 5.89. The second kappa shape index (κ2) is 11.6. The first-order chi connectivity index (χ1) is 18.9. The monoisotopic (exact) mass is 545 g/mol. The largest absolute Gasteiger partial charge is 0.489 e. The van der Waals surface area contributed by atoms with E-state index in [4.69, 9.17) is 21.1 Å². The van der Waals surface area contributed by atoms with Crippen LogP contribution in [-0.2, 0) is 22.6 Å². The zero-order valence-corrected chi connectivity index (χ0v) is 21.5. The summed E-state index contributed by atoms with van der Waals surface area (Å²) < 4.78 is 25.1. The van der Waals surface area contributed by atoms with Gasteiger partial charge in [0, 0.05) is 17.9 Å². The summed E-state index contributed by atoms with van der Waals surface area (Å²) >= 11 is 6.03. The zero-order chi connectivity index (χ0) is 27.4. The first-order valence-electron chi connectivity index (χ1n) is 12.4. The van der Waals surface area contributed by atoms with E-state index in [9.17, 15) is 19.1 Å². The SMILES string of the molecule is O=C(NC(Cc1ccc(OCc2c(F)cccc2Cl)cc1)C(=O)O)OCC1c2ccccc2-c2ccccc21. The molecule has 1 aliphatic carbocycles. The average molecular weight is 546 g/mol. The van der Waals surface area contributed by atoms with Crippen LogP contribution in [0, 0.1) is 5.82 Å². The molecule has 2 N–H and O–H groups in total. The number of nitrogens with one attached hydrogen (secondary N) is 1. The standard InChI is InChI=1S/C31H25ClFNO5/c32-27-10-5-11-28(33)26(27)18-38-20-14-12-19(13-15-20)16-29(30(35)36)34-31(37)39-17-25-23-8-3-1-6-21(23)22-7-2-4-9-24(22)25/h1-15,25,29H,16-18H2,(H,34,37)(H,35,36). The van der Waals surface area contributed by atoms with Gasteiger partial charge in [-0.1, -0.05) is 78.3 Å². The average Bonchev–Trinajstić information content (AvgIpc) is 3.25. The third-order valence-corrected chi connectivity index (χ3v) is 7.10. The molecule has 6 nitrogen and oxygen atoms in total. The molecular formula is C31H25ClFNO5. The molecule has 0 spiro atoms. The van der Waals surface area contributed by atoms with Crippen LogP contribution in [0.25, 0.3) is 11.1 Å². The predicted octanol–water partition coefficient (Wildman–Crippen LogP) is 6.59. The van der Waals surface area contributed by atoms with E-state index in [0.717, 1.165) is 22.3 Å². The van der Waals surface area contributed by atoms with Crippen molar-refractivity contribution in [3.05, 3.63) is 124 Å². The summed E-state index contributed by atoms with van der Waals surface area (Å²) in [6.07, 6.45) is -0.759. The van der Waals surface area contributed by atoms with Gasteiger partial charge in [-0.3, -0.25) is 0 Å². The number of carboxylic acid groups (broad SMARTS) is 1. The van der Waals surface area contributed by atoms with Gasteiger partial charge in [0.1, 0.15) is 30.8 Å². The van der Waals surface area contributed by atoms with Crippen LogP contribution >= 0.6 is 11.6 Å². The summed E-state index contributed by atoms with van der Waals surface area (Å²) in [6, 6.07) is 25.8. The van der Waals surface area contributed by atoms with Gasteiger partial charge in [-0.2, -0.15) is 0 Å². The lowest BCUT2D eigenvalue weighted by Crippen LogP contribution is -2.42. The van der Waals surface area contributed by atoms with Crippen molar-refractivity contribution in [3.8, 4) is 16.9 Å². The molecule has 5 rings (SSSR count). The van der Waals surface area contributed by atoms with Crippen LogP contribution in [-0.4, -0.2) is 29.8 Å². The smallest absolute Gasteiger partial charge is 0.407 e. The van der Waals surface area contributed by atoms with Gasteiger partial charge < -0.3 is 19.9 Å². The Kier molecular flexibility index (Phi) is 7.79. The Bertz CT molecular complexity index is 1440. The molecule has 8 heteroatoms. The van der Waals surface area contributed by atoms with E-state index < -0.39 is 23.9 Å². The highest BCUT2D eigenvalue weighted by Gasteiger charge is 2.29. The number of alkyl carbamates (subject to hydrolysis) is 1. The van der Waals surface area contributed by atoms with E-state index in [2.05, 4.69) is 5.32 Å². The lowest BCUT2D eigenvalue weighted by molar-refractivity contribution is -0.139. The van der Waals surface area contributed by atoms with Crippen LogP contribution in [0.4, 0.5) is 9.18 Å². The maximum absolute atomic E-state index is 13.9. The number of aliphatic carboxylic acids is 1. The van der Waals surface area contributed by atoms with Gasteiger partial charge in [-0.15, -0.1) is 0 Å². The van der Waals surface area contributed by atoms with Gasteiger partial charge in [-0.25, -0.2) is 14.0 Å². The number of halogens is 2. The summed E-state index contributed by atoms with van der Waals surface area (Å²) in [4.78, 5) is 24.5. The summed E-state index contributed by atoms with van der Waals surface area (Å²) in [5, 5.41) is 12.4. The molecule has 0 bridgehead atoms. The number of amides is 1. The minimum absolute atomic E-state index is 0.0406. The van der Waals surface area contributed by atoms with Gasteiger partial charge in [0.05, 0.1) is 5.02 Å². The Morgan fingerprint density at radius 2 is 1.54 bits per heavy atom. The van der Waals surface area contributed by atoms with E-state index in [1.165, 1.54) is 12.1 Å². The quantitative estimate of drug-likeness (QED) is 0.248. The number of hydrogen-bond donors (Lipinski definition) is 2. The Hall–Kier alpha value is -4.36. The Morgan fingerprint density at radius 1 is 0.897 bits per heavy atom. The summed E-state index contributed by atoms with van der Waals surface area (Å²) in [6.45, 7) is 0.0379. The van der Waals surface area contributed by atoms with E-state index >= 15 is 0 Å². The molecule has 1 unspecified atom stereocenters. The minimum atomic E-state index is -1.19. The van der Waals surface area contributed by atoms with Gasteiger partial charge >= 0.3 is 12.1 Å². The molecule has 39 heavy (non-hydrogen) atoms. The lowest BCUT2D eigenvalue weighted by Gasteiger charge is -2.18. The van der Waals surface area contributed by atoms with Crippen molar-refractivity contribution in [2.45, 2.75) is 25.0 Å². The number of ether oxygens (including phenoxy) is 2. The summed E-state index contributed by atoms with van der Waals surface area (Å²) in [5.74, 6) is -1.30. The molecule has 198 valence electrons. The molecule has 0 aliphatic heterocycles. The molecule has 0 saturated carbocycles. The van der Waals surface area contributed by atoms with Gasteiger partial charge in [0.2, 0.25) is 0 Å². The van der Waals surface area contributed by atoms with Gasteiger partial charge in [-0.05, 0) is 52.1 Å². The number of benzene rings is 4. The second-order valence-corrected chi connectivity index (χ2v) is 9.60. The maximum atomic E-state index is 13.9. The summed E-state index contributed by atoms with van der Waals surface area (Å²) in [7, 11) is 0. The van der Waals surface area contributed by atoms with Crippen molar-refractivity contribution in [3.63, 3.8) is 0 Å². The van der Waals surface area contributed by atoms with Crippen LogP contribution in [0.3, 0.4) is 0 Å². The van der Waals surface area contributed by atoms with E-state index in [1.54, 1.807) is 30.3 Å². The molecule has 4 aromatic rings. The van der Waals surface area contributed by atoms with E-state index in [-0.39, 0.29) is 36.1 Å². The molecule has 0 heterocycles. The van der Waals surface area contributed by atoms with Crippen molar-refractivity contribution >= 4 is 23.7 Å².